The van der Waals surface area contributed by atoms with Gasteiger partial charge in [-0.05, 0) is 56.9 Å². The van der Waals surface area contributed by atoms with Gasteiger partial charge in [-0.25, -0.2) is 0 Å². The van der Waals surface area contributed by atoms with Gasteiger partial charge in [0.1, 0.15) is 51.2 Å². The van der Waals surface area contributed by atoms with Crippen LogP contribution in [0.2, 0.25) is 0 Å². The van der Waals surface area contributed by atoms with E-state index in [1.54, 1.807) is 0 Å². The summed E-state index contributed by atoms with van der Waals surface area (Å²) in [6.07, 6.45) is 33.8. The largest absolute Gasteiger partial charge is 0.379 e. The molecule has 0 rings (SSSR count). The van der Waals surface area contributed by atoms with E-state index in [0.29, 0.717) is 202 Å². The average molecular weight is 1590 g/mol. The minimum Gasteiger partial charge on any atom is -0.379 e. The Bertz CT molecular complexity index is 2290. The summed E-state index contributed by atoms with van der Waals surface area (Å²) in [5.74, 6) is 0.685. The lowest BCUT2D eigenvalue weighted by Crippen LogP contribution is -2.31. The van der Waals surface area contributed by atoms with Crippen molar-refractivity contribution >= 4 is 52.3 Å². The molecule has 0 fully saturated rings. The van der Waals surface area contributed by atoms with E-state index < -0.39 is 5.41 Å². The summed E-state index contributed by atoms with van der Waals surface area (Å²) < 4.78 is 64.5. The van der Waals surface area contributed by atoms with E-state index in [1.807, 2.05) is 62.3 Å². The Morgan fingerprint density at radius 3 is 0.829 bits per heavy atom. The van der Waals surface area contributed by atoms with Gasteiger partial charge < -0.3 is 67.5 Å². The number of nitrogens with one attached hydrogen (secondary N) is 2. The van der Waals surface area contributed by atoms with E-state index in [9.17, 15) is 43.2 Å². The Kier molecular flexibility index (Phi) is 84.7. The summed E-state index contributed by atoms with van der Waals surface area (Å²) in [4.78, 5) is 109. The number of rotatable bonds is 80. The van der Waals surface area contributed by atoms with Crippen LogP contribution in [0.5, 0.6) is 0 Å². The number of Topliss-reactive ketones (excluding diaryl/α,β-unsaturated/α-hetero) is 7. The molecular weight excluding hydrogens is 1430 g/mol. The fourth-order valence-electron chi connectivity index (χ4n) is 9.85. The van der Waals surface area contributed by atoms with Gasteiger partial charge in [-0.3, -0.25) is 43.2 Å². The molecule has 26 heteroatoms. The molecule has 0 aromatic heterocycles. The molecule has 0 heterocycles. The van der Waals surface area contributed by atoms with Crippen molar-refractivity contribution in [3.63, 3.8) is 0 Å². The zero-order valence-electron chi connectivity index (χ0n) is 71.0. The van der Waals surface area contributed by atoms with E-state index in [4.69, 9.17) is 62.4 Å². The molecule has 0 spiro atoms. The number of hydrogen-bond donors (Lipinski definition) is 2. The minimum absolute atomic E-state index is 0. The smallest absolute Gasteiger partial charge is 0.246 e. The normalized spacial score (nSPS) is 11.4. The van der Waals surface area contributed by atoms with E-state index in [0.717, 1.165) is 70.6 Å². The lowest BCUT2D eigenvalue weighted by Gasteiger charge is -2.16. The number of ketones is 7. The molecule has 2 amide bonds. The average Bonchev–Trinajstić information content (AvgIpc) is 0.935. The molecule has 0 bridgehead atoms. The van der Waals surface area contributed by atoms with Gasteiger partial charge in [0.25, 0.3) is 0 Å². The molecule has 26 nitrogen and oxygen atoms in total. The molecule has 0 aromatic rings. The number of carbonyl (C=O) groups excluding carboxylic acids is 9. The highest BCUT2D eigenvalue weighted by Gasteiger charge is 2.23. The molecule has 0 saturated carbocycles. The second kappa shape index (κ2) is 83.4. The Hall–Kier alpha value is -4.54. The number of hydrogen-bond acceptors (Lipinski definition) is 22. The second-order valence-corrected chi connectivity index (χ2v) is 30.9. The van der Waals surface area contributed by atoms with Gasteiger partial charge in [0.2, 0.25) is 11.8 Å². The third-order valence-corrected chi connectivity index (χ3v) is 17.2. The number of amides is 2. The van der Waals surface area contributed by atoms with Gasteiger partial charge in [-0.15, -0.1) is 0 Å². The van der Waals surface area contributed by atoms with E-state index >= 15 is 0 Å². The van der Waals surface area contributed by atoms with E-state index in [-0.39, 0.29) is 111 Å². The summed E-state index contributed by atoms with van der Waals surface area (Å²) in [5, 5.41) is 9.10. The molecule has 111 heavy (non-hydrogen) atoms. The maximum Gasteiger partial charge on any atom is 0.246 e. The molecule has 0 aromatic carbocycles. The molecule has 0 unspecified atom stereocenters. The summed E-state index contributed by atoms with van der Waals surface area (Å²) in [6, 6.07) is 0. The van der Waals surface area contributed by atoms with Crippen molar-refractivity contribution in [3.8, 4) is 0 Å². The first-order valence-corrected chi connectivity index (χ1v) is 41.9. The fourth-order valence-corrected chi connectivity index (χ4v) is 9.85. The van der Waals surface area contributed by atoms with Gasteiger partial charge in [-0.2, -0.15) is 0 Å². The van der Waals surface area contributed by atoms with Gasteiger partial charge in [0.15, 0.2) is 28.9 Å². The van der Waals surface area contributed by atoms with Crippen LogP contribution in [0.25, 0.3) is 10.4 Å². The van der Waals surface area contributed by atoms with E-state index in [2.05, 4.69) is 34.5 Å². The first-order chi connectivity index (χ1) is 52.8. The monoisotopic (exact) mass is 1590 g/mol. The molecule has 0 aliphatic heterocycles. The predicted octanol–water partition coefficient (Wildman–Crippen LogP) is 15.8. The van der Waals surface area contributed by atoms with E-state index in [1.165, 1.54) is 83.5 Å². The van der Waals surface area contributed by atoms with Gasteiger partial charge in [0.05, 0.1) is 92.5 Å². The summed E-state index contributed by atoms with van der Waals surface area (Å²) in [7, 11) is 0. The Morgan fingerprint density at radius 1 is 0.270 bits per heavy atom. The quantitative estimate of drug-likeness (QED) is 0.0247. The topological polar surface area (TPSA) is 337 Å². The van der Waals surface area contributed by atoms with Crippen molar-refractivity contribution in [2.45, 2.75) is 302 Å². The van der Waals surface area contributed by atoms with Crippen LogP contribution in [0, 0.1) is 16.2 Å². The van der Waals surface area contributed by atoms with Crippen LogP contribution in [0.3, 0.4) is 0 Å². The minimum atomic E-state index is -0.410. The lowest BCUT2D eigenvalue weighted by atomic mass is 9.91. The first kappa shape index (κ1) is 113. The van der Waals surface area contributed by atoms with Crippen molar-refractivity contribution in [3.05, 3.63) is 10.4 Å². The van der Waals surface area contributed by atoms with Crippen molar-refractivity contribution in [2.24, 2.45) is 21.4 Å². The predicted molar refractivity (Wildman–Crippen MR) is 438 cm³/mol. The molecule has 652 valence electrons. The summed E-state index contributed by atoms with van der Waals surface area (Å²) in [6.45, 7) is 30.1. The van der Waals surface area contributed by atoms with Crippen LogP contribution in [0.1, 0.15) is 302 Å². The second-order valence-electron chi connectivity index (χ2n) is 30.9. The molecule has 0 aliphatic carbocycles. The zero-order valence-corrected chi connectivity index (χ0v) is 71.0. The van der Waals surface area contributed by atoms with Gasteiger partial charge in [0, 0.05) is 112 Å². The number of ether oxygens (including phenoxy) is 12. The molecule has 0 saturated heterocycles. The summed E-state index contributed by atoms with van der Waals surface area (Å²) in [5.41, 5.74) is 7.08. The first-order valence-electron chi connectivity index (χ1n) is 41.9. The molecule has 0 aliphatic rings. The SMILES string of the molecule is C.CC(C)(C)C(=O)COCCOCCCC(=O)COCCOCCNC(=O)COCCOCCCC(=O)CCCCCCCCCN=[N+]=[N-].CCCCCCCCCCC(=O)CCCOCCOCC(=O)C(C)(C)C.CCCCCCCCCCC(=O)NCCOCCOCC(=O)CCCOCCOCC(=O)C(C)(C)C. The number of nitrogens with zero attached hydrogens (tertiary/aromatic N) is 3. The zero-order chi connectivity index (χ0) is 82.1. The molecule has 2 N–H and O–H groups in total. The highest BCUT2D eigenvalue weighted by atomic mass is 16.5. The Morgan fingerprint density at radius 2 is 0.514 bits per heavy atom. The molecule has 0 radical (unpaired) electrons. The summed E-state index contributed by atoms with van der Waals surface area (Å²) >= 11 is 0. The van der Waals surface area contributed by atoms with Crippen LogP contribution < -0.4 is 10.6 Å². The van der Waals surface area contributed by atoms with Crippen LogP contribution >= 0.6 is 0 Å². The lowest BCUT2D eigenvalue weighted by molar-refractivity contribution is -0.132. The highest BCUT2D eigenvalue weighted by Crippen LogP contribution is 2.18. The Labute approximate surface area is 671 Å². The third-order valence-electron chi connectivity index (χ3n) is 17.2. The third kappa shape index (κ3) is 90.9. The van der Waals surface area contributed by atoms with Gasteiger partial charge >= 0.3 is 0 Å². The van der Waals surface area contributed by atoms with Crippen molar-refractivity contribution in [1.82, 2.24) is 10.6 Å². The van der Waals surface area contributed by atoms with Gasteiger partial charge in [-0.1, -0.05) is 211 Å². The standard InChI is InChI=1S/C34H62N4O10.C28H53NO7.C22H42O4.CH4/c1-34(2,3)32(41)28-47-25-21-44-19-12-15-31(40)27-46-24-23-45-20-17-36-33(42)29-48-26-22-43-18-11-14-30(39)13-9-7-5-4-6-8-10-16-37-38-35;1-5-6-7-8-9-10-11-12-15-27(32)29-16-18-34-20-21-35-23-25(30)14-13-17-33-19-22-36-24-26(31)28(2,3)4;1-5-6-7-8-9-10-11-12-14-20(23)15-13-16-25-17-18-26-19-21(24)22(2,3)4;/h4-29H2,1-3H3,(H,36,42);5-24H2,1-4H3,(H,29,32);5-19H2,1-4H3;1H4. The molecule has 0 atom stereocenters. The van der Waals surface area contributed by atoms with Crippen molar-refractivity contribution < 1.29 is 100.0 Å². The van der Waals surface area contributed by atoms with Crippen LogP contribution in [0.4, 0.5) is 0 Å². The highest BCUT2D eigenvalue weighted by molar-refractivity contribution is 5.86. The number of carbonyl (C=O) groups is 9. The molecular formula is C85H161N5O21. The van der Waals surface area contributed by atoms with Crippen LogP contribution in [0.15, 0.2) is 5.11 Å². The number of azide groups is 1. The Balaban J connectivity index is -0.000000806. The van der Waals surface area contributed by atoms with Crippen LogP contribution in [-0.4, -0.2) is 230 Å². The van der Waals surface area contributed by atoms with Crippen molar-refractivity contribution in [2.75, 3.05) is 178 Å². The maximum atomic E-state index is 12.0. The van der Waals surface area contributed by atoms with Crippen molar-refractivity contribution in [1.29, 1.82) is 0 Å². The maximum absolute atomic E-state index is 12.0. The van der Waals surface area contributed by atoms with Crippen LogP contribution in [-0.2, 0) is 100.0 Å². The fraction of sp³-hybridized carbons (Fsp3) is 0.894. The number of unbranched alkanes of at least 4 members (excludes halogenated alkanes) is 20.